The molecule has 138 valence electrons. The zero-order valence-electron chi connectivity index (χ0n) is 15.4. The SMILES string of the molecule is CCOc1ccc(C(NC(=O)c2ccn(C)c(=O)c2)c2ccccc2)cc1. The molecule has 1 heterocycles. The van der Waals surface area contributed by atoms with Crippen molar-refractivity contribution in [2.24, 2.45) is 7.05 Å². The van der Waals surface area contributed by atoms with Gasteiger partial charge in [-0.15, -0.1) is 0 Å². The number of rotatable bonds is 6. The summed E-state index contributed by atoms with van der Waals surface area (Å²) in [5.41, 5.74) is 2.01. The van der Waals surface area contributed by atoms with Crippen LogP contribution in [-0.2, 0) is 7.05 Å². The third kappa shape index (κ3) is 4.44. The van der Waals surface area contributed by atoms with Gasteiger partial charge in [-0.05, 0) is 36.2 Å². The lowest BCUT2D eigenvalue weighted by Gasteiger charge is -2.20. The number of carbonyl (C=O) groups excluding carboxylic acids is 1. The Morgan fingerprint density at radius 2 is 1.70 bits per heavy atom. The molecule has 0 radical (unpaired) electrons. The Kier molecular flexibility index (Phi) is 5.71. The van der Waals surface area contributed by atoms with Crippen LogP contribution in [0.1, 0.15) is 34.5 Å². The lowest BCUT2D eigenvalue weighted by molar-refractivity contribution is 0.0942. The summed E-state index contributed by atoms with van der Waals surface area (Å²) >= 11 is 0. The van der Waals surface area contributed by atoms with Crippen molar-refractivity contribution in [3.8, 4) is 5.75 Å². The van der Waals surface area contributed by atoms with Gasteiger partial charge < -0.3 is 14.6 Å². The quantitative estimate of drug-likeness (QED) is 0.732. The zero-order valence-corrected chi connectivity index (χ0v) is 15.4. The molecule has 3 rings (SSSR count). The summed E-state index contributed by atoms with van der Waals surface area (Å²) in [6, 6.07) is 20.0. The number of pyridine rings is 1. The van der Waals surface area contributed by atoms with E-state index in [1.165, 1.54) is 10.6 Å². The Labute approximate surface area is 158 Å². The third-order valence-corrected chi connectivity index (χ3v) is 4.30. The molecule has 5 heteroatoms. The van der Waals surface area contributed by atoms with E-state index in [1.807, 2.05) is 61.5 Å². The molecule has 0 aliphatic heterocycles. The average Bonchev–Trinajstić information content (AvgIpc) is 2.70. The molecule has 1 aromatic heterocycles. The van der Waals surface area contributed by atoms with Crippen LogP contribution < -0.4 is 15.6 Å². The number of benzene rings is 2. The Balaban J connectivity index is 1.91. The molecule has 1 atom stereocenters. The number of hydrogen-bond acceptors (Lipinski definition) is 3. The lowest BCUT2D eigenvalue weighted by Crippen LogP contribution is -2.30. The van der Waals surface area contributed by atoms with E-state index in [0.29, 0.717) is 12.2 Å². The van der Waals surface area contributed by atoms with Crippen LogP contribution in [0.15, 0.2) is 77.7 Å². The fourth-order valence-electron chi connectivity index (χ4n) is 2.83. The van der Waals surface area contributed by atoms with E-state index in [-0.39, 0.29) is 17.5 Å². The van der Waals surface area contributed by atoms with Gasteiger partial charge in [-0.25, -0.2) is 0 Å². The number of nitrogens with zero attached hydrogens (tertiary/aromatic N) is 1. The van der Waals surface area contributed by atoms with E-state index in [1.54, 1.807) is 19.3 Å². The summed E-state index contributed by atoms with van der Waals surface area (Å²) < 4.78 is 6.93. The Hall–Kier alpha value is -3.34. The molecule has 0 fully saturated rings. The fraction of sp³-hybridized carbons (Fsp3) is 0.182. The second kappa shape index (κ2) is 8.36. The molecule has 1 unspecified atom stereocenters. The van der Waals surface area contributed by atoms with Crippen molar-refractivity contribution in [2.45, 2.75) is 13.0 Å². The molecule has 1 amide bonds. The first kappa shape index (κ1) is 18.5. The molecule has 0 bridgehead atoms. The summed E-state index contributed by atoms with van der Waals surface area (Å²) in [6.07, 6.45) is 1.59. The minimum Gasteiger partial charge on any atom is -0.494 e. The predicted molar refractivity (Wildman–Crippen MR) is 105 cm³/mol. The van der Waals surface area contributed by atoms with Gasteiger partial charge in [0.05, 0.1) is 12.6 Å². The average molecular weight is 362 g/mol. The van der Waals surface area contributed by atoms with Crippen LogP contribution in [-0.4, -0.2) is 17.1 Å². The molecule has 1 N–H and O–H groups in total. The van der Waals surface area contributed by atoms with E-state index in [4.69, 9.17) is 4.74 Å². The predicted octanol–water partition coefficient (Wildman–Crippen LogP) is 3.30. The molecule has 0 spiro atoms. The molecular weight excluding hydrogens is 340 g/mol. The van der Waals surface area contributed by atoms with Crippen LogP contribution in [0.25, 0.3) is 0 Å². The van der Waals surface area contributed by atoms with Crippen molar-refractivity contribution >= 4 is 5.91 Å². The highest BCUT2D eigenvalue weighted by molar-refractivity contribution is 5.94. The van der Waals surface area contributed by atoms with Crippen molar-refractivity contribution in [3.05, 3.63) is 100.0 Å². The Bertz CT molecular complexity index is 963. The highest BCUT2D eigenvalue weighted by atomic mass is 16.5. The molecule has 0 aliphatic carbocycles. The second-order valence-electron chi connectivity index (χ2n) is 6.18. The van der Waals surface area contributed by atoms with E-state index < -0.39 is 0 Å². The number of aryl methyl sites for hydroxylation is 1. The van der Waals surface area contributed by atoms with Crippen LogP contribution in [0.2, 0.25) is 0 Å². The molecular formula is C22H22N2O3. The van der Waals surface area contributed by atoms with Gasteiger partial charge in [-0.2, -0.15) is 0 Å². The monoisotopic (exact) mass is 362 g/mol. The maximum atomic E-state index is 12.8. The van der Waals surface area contributed by atoms with Gasteiger partial charge in [0.15, 0.2) is 0 Å². The normalized spacial score (nSPS) is 11.6. The maximum absolute atomic E-state index is 12.8. The standard InChI is InChI=1S/C22H22N2O3/c1-3-27-19-11-9-17(10-12-19)21(16-7-5-4-6-8-16)23-22(26)18-13-14-24(2)20(25)15-18/h4-15,21H,3H2,1-2H3,(H,23,26). The Morgan fingerprint density at radius 3 is 2.33 bits per heavy atom. The minimum absolute atomic E-state index is 0.222. The molecule has 2 aromatic carbocycles. The zero-order chi connectivity index (χ0) is 19.2. The summed E-state index contributed by atoms with van der Waals surface area (Å²) in [6.45, 7) is 2.53. The number of hydrogen-bond donors (Lipinski definition) is 1. The molecule has 0 aliphatic rings. The first-order valence-corrected chi connectivity index (χ1v) is 8.83. The van der Waals surface area contributed by atoms with Gasteiger partial charge in [0.2, 0.25) is 0 Å². The maximum Gasteiger partial charge on any atom is 0.252 e. The smallest absolute Gasteiger partial charge is 0.252 e. The molecule has 5 nitrogen and oxygen atoms in total. The first-order chi connectivity index (χ1) is 13.1. The summed E-state index contributed by atoms with van der Waals surface area (Å²) in [7, 11) is 1.65. The van der Waals surface area contributed by atoms with Crippen LogP contribution in [0.4, 0.5) is 0 Å². The van der Waals surface area contributed by atoms with Gasteiger partial charge in [0.25, 0.3) is 11.5 Å². The van der Waals surface area contributed by atoms with Gasteiger partial charge in [0, 0.05) is 24.9 Å². The third-order valence-electron chi connectivity index (χ3n) is 4.30. The van der Waals surface area contributed by atoms with Gasteiger partial charge >= 0.3 is 0 Å². The topological polar surface area (TPSA) is 60.3 Å². The number of amides is 1. The largest absolute Gasteiger partial charge is 0.494 e. The minimum atomic E-state index is -0.335. The summed E-state index contributed by atoms with van der Waals surface area (Å²) in [5, 5.41) is 3.04. The van der Waals surface area contributed by atoms with E-state index in [2.05, 4.69) is 5.32 Å². The highest BCUT2D eigenvalue weighted by Gasteiger charge is 2.18. The van der Waals surface area contributed by atoms with Crippen molar-refractivity contribution in [1.29, 1.82) is 0 Å². The number of carbonyl (C=O) groups is 1. The van der Waals surface area contributed by atoms with Crippen LogP contribution in [0.3, 0.4) is 0 Å². The summed E-state index contributed by atoms with van der Waals surface area (Å²) in [5.74, 6) is 0.487. The van der Waals surface area contributed by atoms with Crippen molar-refractivity contribution < 1.29 is 9.53 Å². The van der Waals surface area contributed by atoms with Crippen molar-refractivity contribution in [1.82, 2.24) is 9.88 Å². The number of nitrogens with one attached hydrogen (secondary N) is 1. The number of aromatic nitrogens is 1. The van der Waals surface area contributed by atoms with E-state index >= 15 is 0 Å². The van der Waals surface area contributed by atoms with Gasteiger partial charge in [-0.1, -0.05) is 42.5 Å². The second-order valence-corrected chi connectivity index (χ2v) is 6.18. The molecule has 0 saturated carbocycles. The van der Waals surface area contributed by atoms with Crippen molar-refractivity contribution in [2.75, 3.05) is 6.61 Å². The first-order valence-electron chi connectivity index (χ1n) is 8.83. The highest BCUT2D eigenvalue weighted by Crippen LogP contribution is 2.24. The lowest BCUT2D eigenvalue weighted by atomic mass is 9.98. The number of ether oxygens (including phenoxy) is 1. The van der Waals surface area contributed by atoms with E-state index in [0.717, 1.165) is 16.9 Å². The fourth-order valence-corrected chi connectivity index (χ4v) is 2.83. The Morgan fingerprint density at radius 1 is 1.04 bits per heavy atom. The molecule has 0 saturated heterocycles. The molecule has 3 aromatic rings. The van der Waals surface area contributed by atoms with Gasteiger partial charge in [0.1, 0.15) is 5.75 Å². The van der Waals surface area contributed by atoms with Crippen LogP contribution in [0, 0.1) is 0 Å². The van der Waals surface area contributed by atoms with Crippen molar-refractivity contribution in [3.63, 3.8) is 0 Å². The van der Waals surface area contributed by atoms with Crippen LogP contribution >= 0.6 is 0 Å². The van der Waals surface area contributed by atoms with E-state index in [9.17, 15) is 9.59 Å². The summed E-state index contributed by atoms with van der Waals surface area (Å²) in [4.78, 5) is 24.6. The van der Waals surface area contributed by atoms with Crippen LogP contribution in [0.5, 0.6) is 5.75 Å². The van der Waals surface area contributed by atoms with Gasteiger partial charge in [-0.3, -0.25) is 9.59 Å². The molecule has 27 heavy (non-hydrogen) atoms.